The second-order valence-corrected chi connectivity index (χ2v) is 6.91. The van der Waals surface area contributed by atoms with Crippen molar-refractivity contribution in [3.05, 3.63) is 29.2 Å². The molecule has 0 aromatic carbocycles. The van der Waals surface area contributed by atoms with E-state index in [9.17, 15) is 4.79 Å². The summed E-state index contributed by atoms with van der Waals surface area (Å²) in [6.07, 6.45) is 9.25. The van der Waals surface area contributed by atoms with Gasteiger partial charge in [0.05, 0.1) is 0 Å². The standard InChI is InChI=1S/C19H30N4O/c1-14(2)9-11-20-18-13-17(22-15(3)23-18)19(24)21-12-10-16-7-5-4-6-8-16/h7,13-14H,4-6,8-12H2,1-3H3,(H,21,24)(H,20,22,23). The summed E-state index contributed by atoms with van der Waals surface area (Å²) >= 11 is 0. The number of rotatable bonds is 8. The minimum atomic E-state index is -0.121. The third-order valence-corrected chi connectivity index (χ3v) is 4.22. The zero-order chi connectivity index (χ0) is 17.4. The Balaban J connectivity index is 1.86. The van der Waals surface area contributed by atoms with Crippen LogP contribution in [0.15, 0.2) is 17.7 Å². The molecule has 0 aliphatic heterocycles. The predicted octanol–water partition coefficient (Wildman–Crippen LogP) is 3.86. The van der Waals surface area contributed by atoms with E-state index in [2.05, 4.69) is 40.5 Å². The lowest BCUT2D eigenvalue weighted by Crippen LogP contribution is -2.26. The molecule has 1 aliphatic rings. The van der Waals surface area contributed by atoms with Crippen LogP contribution in [0.5, 0.6) is 0 Å². The molecule has 1 heterocycles. The van der Waals surface area contributed by atoms with Crippen molar-refractivity contribution in [3.8, 4) is 0 Å². The highest BCUT2D eigenvalue weighted by Gasteiger charge is 2.11. The van der Waals surface area contributed by atoms with Crippen LogP contribution in [0.1, 0.15) is 68.7 Å². The minimum absolute atomic E-state index is 0.121. The summed E-state index contributed by atoms with van der Waals surface area (Å²) in [5.41, 5.74) is 1.91. The van der Waals surface area contributed by atoms with E-state index in [0.717, 1.165) is 25.2 Å². The van der Waals surface area contributed by atoms with Crippen LogP contribution >= 0.6 is 0 Å². The summed E-state index contributed by atoms with van der Waals surface area (Å²) < 4.78 is 0. The Morgan fingerprint density at radius 1 is 1.25 bits per heavy atom. The molecule has 2 N–H and O–H groups in total. The average molecular weight is 330 g/mol. The second kappa shape index (κ2) is 9.40. The van der Waals surface area contributed by atoms with Gasteiger partial charge in [0.25, 0.3) is 5.91 Å². The Morgan fingerprint density at radius 3 is 2.79 bits per heavy atom. The molecule has 0 spiro atoms. The minimum Gasteiger partial charge on any atom is -0.370 e. The SMILES string of the molecule is Cc1nc(NCCC(C)C)cc(C(=O)NCCC2=CCCCC2)n1. The van der Waals surface area contributed by atoms with Gasteiger partial charge in [-0.25, -0.2) is 9.97 Å². The Hall–Kier alpha value is -1.91. The maximum absolute atomic E-state index is 12.3. The van der Waals surface area contributed by atoms with Gasteiger partial charge in [0.1, 0.15) is 17.3 Å². The van der Waals surface area contributed by atoms with Crippen molar-refractivity contribution in [1.29, 1.82) is 0 Å². The Morgan fingerprint density at radius 2 is 2.08 bits per heavy atom. The maximum Gasteiger partial charge on any atom is 0.270 e. The first-order valence-electron chi connectivity index (χ1n) is 9.10. The fourth-order valence-electron chi connectivity index (χ4n) is 2.82. The van der Waals surface area contributed by atoms with Crippen molar-refractivity contribution in [1.82, 2.24) is 15.3 Å². The molecule has 0 bridgehead atoms. The lowest BCUT2D eigenvalue weighted by Gasteiger charge is -2.13. The largest absolute Gasteiger partial charge is 0.370 e. The number of hydrogen-bond donors (Lipinski definition) is 2. The molecule has 2 rings (SSSR count). The quantitative estimate of drug-likeness (QED) is 0.710. The van der Waals surface area contributed by atoms with Gasteiger partial charge in [0.15, 0.2) is 0 Å². The number of aryl methyl sites for hydroxylation is 1. The zero-order valence-electron chi connectivity index (χ0n) is 15.2. The third kappa shape index (κ3) is 6.30. The van der Waals surface area contributed by atoms with Gasteiger partial charge < -0.3 is 10.6 Å². The van der Waals surface area contributed by atoms with Crippen molar-refractivity contribution in [2.75, 3.05) is 18.4 Å². The highest BCUT2D eigenvalue weighted by molar-refractivity contribution is 5.92. The van der Waals surface area contributed by atoms with Crippen LogP contribution in [0.3, 0.4) is 0 Å². The number of aromatic nitrogens is 2. The number of carbonyl (C=O) groups excluding carboxylic acids is 1. The fourth-order valence-corrected chi connectivity index (χ4v) is 2.82. The Bertz CT molecular complexity index is 581. The van der Waals surface area contributed by atoms with Crippen molar-refractivity contribution in [2.24, 2.45) is 5.92 Å². The van der Waals surface area contributed by atoms with E-state index in [0.29, 0.717) is 24.0 Å². The molecule has 132 valence electrons. The van der Waals surface area contributed by atoms with Gasteiger partial charge in [0, 0.05) is 19.2 Å². The number of allylic oxidation sites excluding steroid dienone is 1. The van der Waals surface area contributed by atoms with E-state index in [1.54, 1.807) is 6.07 Å². The summed E-state index contributed by atoms with van der Waals surface area (Å²) in [4.78, 5) is 20.9. The first kappa shape index (κ1) is 18.4. The molecule has 24 heavy (non-hydrogen) atoms. The topological polar surface area (TPSA) is 66.9 Å². The monoisotopic (exact) mass is 330 g/mol. The van der Waals surface area contributed by atoms with Crippen LogP contribution in [-0.4, -0.2) is 29.0 Å². The van der Waals surface area contributed by atoms with Crippen LogP contribution in [-0.2, 0) is 0 Å². The number of amides is 1. The van der Waals surface area contributed by atoms with Gasteiger partial charge >= 0.3 is 0 Å². The number of hydrogen-bond acceptors (Lipinski definition) is 4. The Labute approximate surface area is 145 Å². The van der Waals surface area contributed by atoms with Crippen molar-refractivity contribution in [2.45, 2.75) is 59.3 Å². The van der Waals surface area contributed by atoms with E-state index in [1.807, 2.05) is 6.92 Å². The van der Waals surface area contributed by atoms with E-state index in [1.165, 1.54) is 31.3 Å². The van der Waals surface area contributed by atoms with Crippen LogP contribution < -0.4 is 10.6 Å². The third-order valence-electron chi connectivity index (χ3n) is 4.22. The molecule has 1 amide bonds. The predicted molar refractivity (Wildman–Crippen MR) is 98.2 cm³/mol. The van der Waals surface area contributed by atoms with Crippen LogP contribution in [0.4, 0.5) is 5.82 Å². The second-order valence-electron chi connectivity index (χ2n) is 6.91. The van der Waals surface area contributed by atoms with Gasteiger partial charge in [-0.3, -0.25) is 4.79 Å². The summed E-state index contributed by atoms with van der Waals surface area (Å²) in [5.74, 6) is 1.86. The van der Waals surface area contributed by atoms with E-state index < -0.39 is 0 Å². The first-order valence-corrected chi connectivity index (χ1v) is 9.10. The van der Waals surface area contributed by atoms with Crippen molar-refractivity contribution in [3.63, 3.8) is 0 Å². The smallest absolute Gasteiger partial charge is 0.270 e. The highest BCUT2D eigenvalue weighted by Crippen LogP contribution is 2.19. The van der Waals surface area contributed by atoms with Crippen molar-refractivity contribution >= 4 is 11.7 Å². The van der Waals surface area contributed by atoms with Crippen LogP contribution in [0.25, 0.3) is 0 Å². The molecule has 0 fully saturated rings. The summed E-state index contributed by atoms with van der Waals surface area (Å²) in [6.45, 7) is 7.71. The molecule has 0 saturated carbocycles. The fraction of sp³-hybridized carbons (Fsp3) is 0.632. The van der Waals surface area contributed by atoms with Gasteiger partial charge in [-0.05, 0) is 51.4 Å². The van der Waals surface area contributed by atoms with Crippen molar-refractivity contribution < 1.29 is 4.79 Å². The Kier molecular flexibility index (Phi) is 7.22. The highest BCUT2D eigenvalue weighted by atomic mass is 16.1. The molecule has 0 atom stereocenters. The molecular weight excluding hydrogens is 300 g/mol. The summed E-state index contributed by atoms with van der Waals surface area (Å²) in [7, 11) is 0. The number of nitrogens with zero attached hydrogens (tertiary/aromatic N) is 2. The molecule has 1 aliphatic carbocycles. The zero-order valence-corrected chi connectivity index (χ0v) is 15.2. The lowest BCUT2D eigenvalue weighted by atomic mass is 9.97. The van der Waals surface area contributed by atoms with Crippen LogP contribution in [0, 0.1) is 12.8 Å². The maximum atomic E-state index is 12.3. The summed E-state index contributed by atoms with van der Waals surface area (Å²) in [5, 5.41) is 6.26. The molecule has 1 aromatic heterocycles. The average Bonchev–Trinajstić information content (AvgIpc) is 2.55. The normalized spacial score (nSPS) is 14.4. The van der Waals surface area contributed by atoms with E-state index in [4.69, 9.17) is 0 Å². The first-order chi connectivity index (χ1) is 11.5. The van der Waals surface area contributed by atoms with Gasteiger partial charge in [-0.2, -0.15) is 0 Å². The molecule has 0 saturated heterocycles. The van der Waals surface area contributed by atoms with E-state index >= 15 is 0 Å². The van der Waals surface area contributed by atoms with Gasteiger partial charge in [0.2, 0.25) is 0 Å². The molecular formula is C19H30N4O. The molecule has 5 nitrogen and oxygen atoms in total. The number of carbonyl (C=O) groups is 1. The lowest BCUT2D eigenvalue weighted by molar-refractivity contribution is 0.0948. The molecule has 0 radical (unpaired) electrons. The molecule has 0 unspecified atom stereocenters. The summed E-state index contributed by atoms with van der Waals surface area (Å²) in [6, 6.07) is 1.74. The van der Waals surface area contributed by atoms with Crippen LogP contribution in [0.2, 0.25) is 0 Å². The number of anilines is 1. The van der Waals surface area contributed by atoms with Gasteiger partial charge in [-0.15, -0.1) is 0 Å². The molecule has 1 aromatic rings. The molecule has 5 heteroatoms. The van der Waals surface area contributed by atoms with E-state index in [-0.39, 0.29) is 5.91 Å². The van der Waals surface area contributed by atoms with Gasteiger partial charge in [-0.1, -0.05) is 25.5 Å². The number of nitrogens with one attached hydrogen (secondary N) is 2.